The SMILES string of the molecule is C1=CCCCC(N2CCCCC=NCNC2)CCCC1. The molecule has 0 aromatic heterocycles. The van der Waals surface area contributed by atoms with Crippen molar-refractivity contribution in [1.82, 2.24) is 10.2 Å². The van der Waals surface area contributed by atoms with Gasteiger partial charge < -0.3 is 0 Å². The number of nitrogens with one attached hydrogen (secondary N) is 1. The van der Waals surface area contributed by atoms with Gasteiger partial charge in [0.15, 0.2) is 0 Å². The van der Waals surface area contributed by atoms with Crippen molar-refractivity contribution in [1.29, 1.82) is 0 Å². The average Bonchev–Trinajstić information content (AvgIpc) is 2.50. The summed E-state index contributed by atoms with van der Waals surface area (Å²) >= 11 is 0. The predicted octanol–water partition coefficient (Wildman–Crippen LogP) is 3.72. The fraction of sp³-hybridized carbons (Fsp3) is 0.824. The number of hydrogen-bond acceptors (Lipinski definition) is 3. The van der Waals surface area contributed by atoms with Gasteiger partial charge in [0.05, 0.1) is 6.67 Å². The Morgan fingerprint density at radius 1 is 0.900 bits per heavy atom. The zero-order valence-electron chi connectivity index (χ0n) is 12.9. The van der Waals surface area contributed by atoms with E-state index >= 15 is 0 Å². The Bertz CT molecular complexity index is 269. The Balaban J connectivity index is 1.86. The second-order valence-electron chi connectivity index (χ2n) is 6.08. The van der Waals surface area contributed by atoms with Gasteiger partial charge in [-0.25, -0.2) is 0 Å². The van der Waals surface area contributed by atoms with Gasteiger partial charge in [-0.1, -0.05) is 18.6 Å². The summed E-state index contributed by atoms with van der Waals surface area (Å²) < 4.78 is 0. The van der Waals surface area contributed by atoms with Crippen LogP contribution in [0.25, 0.3) is 0 Å². The molecule has 3 heteroatoms. The minimum Gasteiger partial charge on any atom is -0.288 e. The van der Waals surface area contributed by atoms with Gasteiger partial charge in [0, 0.05) is 18.9 Å². The number of rotatable bonds is 1. The van der Waals surface area contributed by atoms with Crippen LogP contribution in [0.1, 0.15) is 64.2 Å². The predicted molar refractivity (Wildman–Crippen MR) is 87.2 cm³/mol. The molecule has 3 nitrogen and oxygen atoms in total. The van der Waals surface area contributed by atoms with Crippen LogP contribution in [0.5, 0.6) is 0 Å². The Hall–Kier alpha value is -0.670. The van der Waals surface area contributed by atoms with E-state index in [0.29, 0.717) is 0 Å². The van der Waals surface area contributed by atoms with Crippen molar-refractivity contribution in [2.75, 3.05) is 19.9 Å². The molecule has 0 radical (unpaired) electrons. The Morgan fingerprint density at radius 2 is 1.70 bits per heavy atom. The van der Waals surface area contributed by atoms with Crippen molar-refractivity contribution in [3.05, 3.63) is 12.2 Å². The van der Waals surface area contributed by atoms with Crippen LogP contribution in [0.2, 0.25) is 0 Å². The lowest BCUT2D eigenvalue weighted by molar-refractivity contribution is 0.156. The average molecular weight is 277 g/mol. The minimum absolute atomic E-state index is 0.775. The number of nitrogens with zero attached hydrogens (tertiary/aromatic N) is 2. The zero-order chi connectivity index (χ0) is 13.9. The quantitative estimate of drug-likeness (QED) is 0.740. The topological polar surface area (TPSA) is 27.6 Å². The van der Waals surface area contributed by atoms with E-state index in [1.165, 1.54) is 64.3 Å². The van der Waals surface area contributed by atoms with Gasteiger partial charge in [0.25, 0.3) is 0 Å². The van der Waals surface area contributed by atoms with E-state index in [4.69, 9.17) is 0 Å². The summed E-state index contributed by atoms with van der Waals surface area (Å²) in [4.78, 5) is 7.09. The van der Waals surface area contributed by atoms with Gasteiger partial charge in [0.2, 0.25) is 0 Å². The van der Waals surface area contributed by atoms with Gasteiger partial charge in [-0.15, -0.1) is 0 Å². The summed E-state index contributed by atoms with van der Waals surface area (Å²) in [5.74, 6) is 0. The molecule has 0 saturated heterocycles. The molecule has 2 aliphatic rings. The maximum Gasteiger partial charge on any atom is 0.0890 e. The number of aliphatic imine (C=N–C) groups is 1. The molecule has 0 fully saturated rings. The maximum absolute atomic E-state index is 4.40. The summed E-state index contributed by atoms with van der Waals surface area (Å²) in [7, 11) is 0. The standard InChI is InChI=1S/C17H31N3/c1-2-4-7-11-17(12-8-5-3-1)20-14-10-6-9-13-18-15-19-16-20/h1-2,13,17,19H,3-12,14-16H2. The highest BCUT2D eigenvalue weighted by Gasteiger charge is 2.17. The van der Waals surface area contributed by atoms with E-state index in [1.54, 1.807) is 0 Å². The first-order valence-electron chi connectivity index (χ1n) is 8.55. The largest absolute Gasteiger partial charge is 0.288 e. The summed E-state index contributed by atoms with van der Waals surface area (Å²) in [5.41, 5.74) is 0. The molecule has 0 aromatic carbocycles. The molecule has 20 heavy (non-hydrogen) atoms. The zero-order valence-corrected chi connectivity index (χ0v) is 12.9. The monoisotopic (exact) mass is 277 g/mol. The molecular weight excluding hydrogens is 246 g/mol. The summed E-state index contributed by atoms with van der Waals surface area (Å²) in [5, 5.41) is 3.48. The Labute approximate surface area is 124 Å². The number of hydrogen-bond donors (Lipinski definition) is 1. The highest BCUT2D eigenvalue weighted by atomic mass is 15.3. The van der Waals surface area contributed by atoms with Crippen LogP contribution in [0.15, 0.2) is 17.1 Å². The normalized spacial score (nSPS) is 28.1. The fourth-order valence-electron chi connectivity index (χ4n) is 3.21. The lowest BCUT2D eigenvalue weighted by atomic mass is 9.99. The minimum atomic E-state index is 0.775. The third-order valence-electron chi connectivity index (χ3n) is 4.42. The first-order chi connectivity index (χ1) is 9.97. The lowest BCUT2D eigenvalue weighted by Crippen LogP contribution is -2.42. The third kappa shape index (κ3) is 6.19. The highest BCUT2D eigenvalue weighted by Crippen LogP contribution is 2.19. The van der Waals surface area contributed by atoms with E-state index < -0.39 is 0 Å². The second kappa shape index (κ2) is 10.1. The molecule has 114 valence electrons. The molecular formula is C17H31N3. The van der Waals surface area contributed by atoms with Crippen molar-refractivity contribution in [3.8, 4) is 0 Å². The van der Waals surface area contributed by atoms with E-state index in [1.807, 2.05) is 0 Å². The smallest absolute Gasteiger partial charge is 0.0890 e. The molecule has 1 atom stereocenters. The molecule has 0 amide bonds. The molecule has 2 rings (SSSR count). The van der Waals surface area contributed by atoms with Crippen LogP contribution in [-0.2, 0) is 0 Å². The highest BCUT2D eigenvalue weighted by molar-refractivity contribution is 5.56. The van der Waals surface area contributed by atoms with Gasteiger partial charge in [-0.05, 0) is 64.3 Å². The van der Waals surface area contributed by atoms with Crippen LogP contribution in [0.3, 0.4) is 0 Å². The molecule has 1 unspecified atom stereocenters. The summed E-state index contributed by atoms with van der Waals surface area (Å²) in [6.07, 6.45) is 19.9. The third-order valence-corrected chi connectivity index (χ3v) is 4.42. The van der Waals surface area contributed by atoms with E-state index in [9.17, 15) is 0 Å². The first-order valence-corrected chi connectivity index (χ1v) is 8.55. The molecule has 1 aliphatic heterocycles. The van der Waals surface area contributed by atoms with Crippen LogP contribution in [0.4, 0.5) is 0 Å². The van der Waals surface area contributed by atoms with Crippen molar-refractivity contribution in [2.24, 2.45) is 4.99 Å². The van der Waals surface area contributed by atoms with Gasteiger partial charge in [-0.3, -0.25) is 15.2 Å². The van der Waals surface area contributed by atoms with Crippen molar-refractivity contribution >= 4 is 6.21 Å². The Kier molecular flexibility index (Phi) is 7.95. The van der Waals surface area contributed by atoms with Crippen LogP contribution >= 0.6 is 0 Å². The maximum atomic E-state index is 4.40. The molecule has 1 N–H and O–H groups in total. The first kappa shape index (κ1) is 15.7. The van der Waals surface area contributed by atoms with E-state index in [2.05, 4.69) is 33.6 Å². The van der Waals surface area contributed by atoms with Gasteiger partial charge in [0.1, 0.15) is 0 Å². The van der Waals surface area contributed by atoms with Crippen molar-refractivity contribution in [2.45, 2.75) is 70.3 Å². The molecule has 0 saturated carbocycles. The van der Waals surface area contributed by atoms with Crippen LogP contribution in [0, 0.1) is 0 Å². The Morgan fingerprint density at radius 3 is 2.65 bits per heavy atom. The second-order valence-corrected chi connectivity index (χ2v) is 6.08. The molecule has 1 aliphatic carbocycles. The van der Waals surface area contributed by atoms with Crippen molar-refractivity contribution < 1.29 is 0 Å². The van der Waals surface area contributed by atoms with Crippen LogP contribution < -0.4 is 5.32 Å². The summed E-state index contributed by atoms with van der Waals surface area (Å²) in [6, 6.07) is 0.775. The summed E-state index contributed by atoms with van der Waals surface area (Å²) in [6.45, 7) is 3.05. The fourth-order valence-corrected chi connectivity index (χ4v) is 3.21. The van der Waals surface area contributed by atoms with E-state index in [-0.39, 0.29) is 0 Å². The molecule has 0 spiro atoms. The van der Waals surface area contributed by atoms with Crippen LogP contribution in [-0.4, -0.2) is 37.0 Å². The van der Waals surface area contributed by atoms with Crippen molar-refractivity contribution in [3.63, 3.8) is 0 Å². The lowest BCUT2D eigenvalue weighted by Gasteiger charge is -2.32. The van der Waals surface area contributed by atoms with E-state index in [0.717, 1.165) is 25.8 Å². The molecule has 0 aromatic rings. The number of allylic oxidation sites excluding steroid dienone is 2. The van der Waals surface area contributed by atoms with Gasteiger partial charge in [-0.2, -0.15) is 0 Å². The molecule has 0 bridgehead atoms. The van der Waals surface area contributed by atoms with Gasteiger partial charge >= 0.3 is 0 Å². The molecule has 1 heterocycles.